The molecule has 4 aromatic rings. The van der Waals surface area contributed by atoms with Crippen molar-refractivity contribution in [1.29, 1.82) is 0 Å². The highest BCUT2D eigenvalue weighted by Gasteiger charge is 2.29. The molecule has 6 nitrogen and oxygen atoms in total. The molecule has 3 atom stereocenters. The minimum absolute atomic E-state index is 0.00437. The average molecular weight is 541 g/mol. The van der Waals surface area contributed by atoms with Crippen LogP contribution in [0.2, 0.25) is 0 Å². The first-order valence-corrected chi connectivity index (χ1v) is 14.0. The molecule has 210 valence electrons. The number of rotatable bonds is 11. The molecular weight excluding hydrogens is 500 g/mol. The van der Waals surface area contributed by atoms with Gasteiger partial charge in [-0.05, 0) is 65.6 Å². The molecule has 4 rings (SSSR count). The van der Waals surface area contributed by atoms with Crippen molar-refractivity contribution >= 4 is 16.9 Å². The largest absolute Gasteiger partial charge is 0.478 e. The van der Waals surface area contributed by atoms with E-state index in [9.17, 15) is 14.7 Å². The van der Waals surface area contributed by atoms with Gasteiger partial charge < -0.3 is 20.6 Å². The zero-order chi connectivity index (χ0) is 29.0. The average Bonchev–Trinajstić information content (AvgIpc) is 2.95. The lowest BCUT2D eigenvalue weighted by molar-refractivity contribution is 0.0695. The molecule has 1 aromatic heterocycles. The Morgan fingerprint density at radius 1 is 1.00 bits per heavy atom. The second-order valence-corrected chi connectivity index (χ2v) is 10.9. The van der Waals surface area contributed by atoms with E-state index in [2.05, 4.69) is 38.2 Å². The summed E-state index contributed by atoms with van der Waals surface area (Å²) in [6.45, 7) is 11.7. The van der Waals surface area contributed by atoms with Crippen molar-refractivity contribution in [1.82, 2.24) is 5.32 Å². The summed E-state index contributed by atoms with van der Waals surface area (Å²) in [5.74, 6) is -0.0945. The van der Waals surface area contributed by atoms with E-state index < -0.39 is 5.97 Å². The molecule has 0 aliphatic carbocycles. The topological polar surface area (TPSA) is 106 Å². The smallest absolute Gasteiger partial charge is 0.336 e. The van der Waals surface area contributed by atoms with E-state index in [1.807, 2.05) is 50.2 Å². The van der Waals surface area contributed by atoms with E-state index in [-0.39, 0.29) is 23.2 Å². The van der Waals surface area contributed by atoms with Crippen molar-refractivity contribution in [2.24, 2.45) is 11.7 Å². The van der Waals surface area contributed by atoms with Gasteiger partial charge in [0.05, 0.1) is 10.9 Å². The summed E-state index contributed by atoms with van der Waals surface area (Å²) < 4.78 is 6.79. The minimum Gasteiger partial charge on any atom is -0.478 e. The Morgan fingerprint density at radius 2 is 1.68 bits per heavy atom. The Morgan fingerprint density at radius 3 is 2.35 bits per heavy atom. The van der Waals surface area contributed by atoms with Gasteiger partial charge in [-0.1, -0.05) is 75.7 Å². The monoisotopic (exact) mass is 540 g/mol. The van der Waals surface area contributed by atoms with Crippen LogP contribution in [0.3, 0.4) is 0 Å². The Kier molecular flexibility index (Phi) is 9.23. The maximum Gasteiger partial charge on any atom is 0.336 e. The van der Waals surface area contributed by atoms with Gasteiger partial charge in [0.1, 0.15) is 11.3 Å². The maximum absolute atomic E-state index is 13.8. The summed E-state index contributed by atoms with van der Waals surface area (Å²) in [7, 11) is 0. The molecule has 0 amide bonds. The van der Waals surface area contributed by atoms with Crippen molar-refractivity contribution in [2.45, 2.75) is 66.0 Å². The Labute approximate surface area is 236 Å². The molecule has 40 heavy (non-hydrogen) atoms. The van der Waals surface area contributed by atoms with Crippen molar-refractivity contribution in [3.8, 4) is 0 Å². The number of hydrogen-bond acceptors (Lipinski definition) is 5. The molecule has 0 bridgehead atoms. The van der Waals surface area contributed by atoms with Gasteiger partial charge in [-0.25, -0.2) is 4.79 Å². The number of hydrogen-bond donors (Lipinski definition) is 3. The van der Waals surface area contributed by atoms with E-state index in [4.69, 9.17) is 10.2 Å². The van der Waals surface area contributed by atoms with Crippen LogP contribution in [0.15, 0.2) is 69.9 Å². The van der Waals surface area contributed by atoms with Crippen LogP contribution in [0.25, 0.3) is 11.0 Å². The fourth-order valence-corrected chi connectivity index (χ4v) is 5.63. The predicted molar refractivity (Wildman–Crippen MR) is 161 cm³/mol. The number of aryl methyl sites for hydroxylation is 1. The number of nitrogens with one attached hydrogen (secondary N) is 1. The standard InChI is InChI=1S/C34H40N2O4/c1-6-21(3)30(26-13-9-7-11-24(26)17-35)32-23(5)31(37)29-16-20(2)15-28(33(29)40-32)22(4)18-36-19-25-12-8-10-14-27(25)34(38)39/h7-16,21-22,30,36H,6,17-19,35H2,1-5H3,(H,38,39). The first kappa shape index (κ1) is 29.2. The van der Waals surface area contributed by atoms with Crippen LogP contribution < -0.4 is 16.5 Å². The van der Waals surface area contributed by atoms with E-state index in [0.717, 1.165) is 34.2 Å². The maximum atomic E-state index is 13.8. The number of carboxylic acid groups (broad SMARTS) is 1. The summed E-state index contributed by atoms with van der Waals surface area (Å²) in [5.41, 5.74) is 12.5. The first-order valence-electron chi connectivity index (χ1n) is 14.0. The van der Waals surface area contributed by atoms with Gasteiger partial charge in [-0.15, -0.1) is 0 Å². The second kappa shape index (κ2) is 12.6. The third kappa shape index (κ3) is 5.88. The number of carboxylic acids is 1. The highest BCUT2D eigenvalue weighted by molar-refractivity contribution is 5.89. The van der Waals surface area contributed by atoms with Gasteiger partial charge in [-0.2, -0.15) is 0 Å². The van der Waals surface area contributed by atoms with E-state index in [1.54, 1.807) is 12.1 Å². The molecular formula is C34H40N2O4. The second-order valence-electron chi connectivity index (χ2n) is 10.9. The molecule has 3 aromatic carbocycles. The van der Waals surface area contributed by atoms with Crippen molar-refractivity contribution < 1.29 is 14.3 Å². The molecule has 0 aliphatic rings. The molecule has 0 radical (unpaired) electrons. The SMILES string of the molecule is CCC(C)C(c1ccccc1CN)c1oc2c(C(C)CNCc3ccccc3C(=O)O)cc(C)cc2c(=O)c1C. The quantitative estimate of drug-likeness (QED) is 0.197. The molecule has 0 saturated heterocycles. The van der Waals surface area contributed by atoms with Crippen molar-refractivity contribution in [2.75, 3.05) is 6.54 Å². The van der Waals surface area contributed by atoms with Gasteiger partial charge in [0.25, 0.3) is 0 Å². The summed E-state index contributed by atoms with van der Waals surface area (Å²) >= 11 is 0. The Balaban J connectivity index is 1.77. The third-order valence-corrected chi connectivity index (χ3v) is 8.08. The summed E-state index contributed by atoms with van der Waals surface area (Å²) in [5, 5.41) is 13.5. The van der Waals surface area contributed by atoms with Gasteiger partial charge in [-0.3, -0.25) is 4.79 Å². The fraction of sp³-hybridized carbons (Fsp3) is 0.353. The molecule has 4 N–H and O–H groups in total. The lowest BCUT2D eigenvalue weighted by Crippen LogP contribution is -2.22. The van der Waals surface area contributed by atoms with Gasteiger partial charge in [0, 0.05) is 31.1 Å². The normalized spacial score (nSPS) is 13.8. The number of aromatic carboxylic acids is 1. The highest BCUT2D eigenvalue weighted by Crippen LogP contribution is 2.39. The number of carbonyl (C=O) groups is 1. The molecule has 6 heteroatoms. The van der Waals surface area contributed by atoms with Crippen LogP contribution in [0, 0.1) is 19.8 Å². The molecule has 1 heterocycles. The van der Waals surface area contributed by atoms with Crippen LogP contribution in [-0.4, -0.2) is 17.6 Å². The number of nitrogens with two attached hydrogens (primary N) is 1. The van der Waals surface area contributed by atoms with Gasteiger partial charge in [0.2, 0.25) is 0 Å². The summed E-state index contributed by atoms with van der Waals surface area (Å²) in [6, 6.07) is 19.2. The molecule has 3 unspecified atom stereocenters. The van der Waals surface area contributed by atoms with E-state index in [0.29, 0.717) is 47.5 Å². The molecule has 0 fully saturated rings. The lowest BCUT2D eigenvalue weighted by atomic mass is 9.80. The van der Waals surface area contributed by atoms with Gasteiger partial charge >= 0.3 is 5.97 Å². The van der Waals surface area contributed by atoms with Crippen molar-refractivity contribution in [3.05, 3.63) is 116 Å². The molecule has 0 spiro atoms. The number of fused-ring (bicyclic) bond motifs is 1. The van der Waals surface area contributed by atoms with Crippen LogP contribution in [-0.2, 0) is 13.1 Å². The van der Waals surface area contributed by atoms with Crippen molar-refractivity contribution in [3.63, 3.8) is 0 Å². The zero-order valence-electron chi connectivity index (χ0n) is 24.1. The summed E-state index contributed by atoms with van der Waals surface area (Å²) in [4.78, 5) is 25.4. The first-order chi connectivity index (χ1) is 19.2. The van der Waals surface area contributed by atoms with E-state index >= 15 is 0 Å². The van der Waals surface area contributed by atoms with Crippen LogP contribution >= 0.6 is 0 Å². The lowest BCUT2D eigenvalue weighted by Gasteiger charge is -2.27. The third-order valence-electron chi connectivity index (χ3n) is 8.08. The Hall–Kier alpha value is -3.74. The summed E-state index contributed by atoms with van der Waals surface area (Å²) in [6.07, 6.45) is 0.920. The highest BCUT2D eigenvalue weighted by atomic mass is 16.4. The molecule has 0 saturated carbocycles. The predicted octanol–water partition coefficient (Wildman–Crippen LogP) is 6.64. The minimum atomic E-state index is -0.938. The van der Waals surface area contributed by atoms with Gasteiger partial charge in [0.15, 0.2) is 5.43 Å². The van der Waals surface area contributed by atoms with Crippen LogP contribution in [0.5, 0.6) is 0 Å². The zero-order valence-corrected chi connectivity index (χ0v) is 24.1. The Bertz CT molecular complexity index is 1570. The number of benzene rings is 3. The van der Waals surface area contributed by atoms with Crippen LogP contribution in [0.4, 0.5) is 0 Å². The van der Waals surface area contributed by atoms with E-state index in [1.165, 1.54) is 0 Å². The van der Waals surface area contributed by atoms with Crippen LogP contribution in [0.1, 0.15) is 88.5 Å². The fourth-order valence-electron chi connectivity index (χ4n) is 5.63. The molecule has 0 aliphatic heterocycles.